The summed E-state index contributed by atoms with van der Waals surface area (Å²) in [6.07, 6.45) is 3.98. The summed E-state index contributed by atoms with van der Waals surface area (Å²) in [5.41, 5.74) is 7.04. The first-order valence-electron chi connectivity index (χ1n) is 6.30. The van der Waals surface area contributed by atoms with Gasteiger partial charge in [0.2, 0.25) is 0 Å². The Morgan fingerprint density at radius 1 is 1.32 bits per heavy atom. The summed E-state index contributed by atoms with van der Waals surface area (Å²) in [6.45, 7) is 5.17. The number of pyridine rings is 1. The molecule has 0 bridgehead atoms. The monoisotopic (exact) mass is 323 g/mol. The maximum atomic E-state index is 6.18. The van der Waals surface area contributed by atoms with Crippen molar-refractivity contribution in [1.82, 2.24) is 19.7 Å². The molecule has 1 atom stereocenters. The topological polar surface area (TPSA) is 69.6 Å². The van der Waals surface area contributed by atoms with Crippen molar-refractivity contribution in [2.24, 2.45) is 11.7 Å². The Hall–Kier alpha value is -1.27. The maximum Gasteiger partial charge on any atom is 0.138 e. The predicted molar refractivity (Wildman–Crippen MR) is 77.4 cm³/mol. The molecule has 2 rings (SSSR count). The van der Waals surface area contributed by atoms with Gasteiger partial charge in [-0.2, -0.15) is 5.10 Å². The Morgan fingerprint density at radius 3 is 2.74 bits per heavy atom. The van der Waals surface area contributed by atoms with Gasteiger partial charge in [-0.1, -0.05) is 13.8 Å². The molecule has 0 amide bonds. The van der Waals surface area contributed by atoms with Crippen LogP contribution >= 0.6 is 15.9 Å². The lowest BCUT2D eigenvalue weighted by atomic mass is 10.1. The fraction of sp³-hybridized carbons (Fsp3) is 0.462. The van der Waals surface area contributed by atoms with E-state index < -0.39 is 0 Å². The predicted octanol–water partition coefficient (Wildman–Crippen LogP) is 2.33. The molecule has 2 N–H and O–H groups in total. The van der Waals surface area contributed by atoms with Gasteiger partial charge in [0.25, 0.3) is 0 Å². The average molecular weight is 324 g/mol. The lowest BCUT2D eigenvalue weighted by molar-refractivity contribution is 0.458. The Labute approximate surface area is 121 Å². The van der Waals surface area contributed by atoms with Crippen molar-refractivity contribution in [2.45, 2.75) is 32.9 Å². The number of rotatable bonds is 5. The average Bonchev–Trinajstić information content (AvgIpc) is 2.76. The van der Waals surface area contributed by atoms with Crippen molar-refractivity contribution in [3.05, 3.63) is 40.6 Å². The van der Waals surface area contributed by atoms with Crippen molar-refractivity contribution < 1.29 is 0 Å². The molecule has 0 saturated heterocycles. The van der Waals surface area contributed by atoms with Crippen molar-refractivity contribution in [3.8, 4) is 0 Å². The van der Waals surface area contributed by atoms with Gasteiger partial charge >= 0.3 is 0 Å². The molecule has 0 aliphatic heterocycles. The minimum absolute atomic E-state index is 0.164. The van der Waals surface area contributed by atoms with E-state index in [0.717, 1.165) is 22.5 Å². The van der Waals surface area contributed by atoms with Crippen molar-refractivity contribution in [1.29, 1.82) is 0 Å². The zero-order valence-electron chi connectivity index (χ0n) is 11.1. The lowest BCUT2D eigenvalue weighted by Crippen LogP contribution is -2.19. The van der Waals surface area contributed by atoms with E-state index in [-0.39, 0.29) is 6.04 Å². The van der Waals surface area contributed by atoms with Crippen molar-refractivity contribution >= 4 is 15.9 Å². The molecule has 19 heavy (non-hydrogen) atoms. The first-order valence-corrected chi connectivity index (χ1v) is 7.09. The van der Waals surface area contributed by atoms with Crippen LogP contribution in [0.15, 0.2) is 29.1 Å². The van der Waals surface area contributed by atoms with Gasteiger partial charge < -0.3 is 5.73 Å². The first-order chi connectivity index (χ1) is 9.06. The molecule has 0 fully saturated rings. The molecule has 0 aliphatic rings. The summed E-state index contributed by atoms with van der Waals surface area (Å²) < 4.78 is 2.87. The number of nitrogens with two attached hydrogens (primary N) is 1. The van der Waals surface area contributed by atoms with Gasteiger partial charge in [0, 0.05) is 23.6 Å². The van der Waals surface area contributed by atoms with Crippen LogP contribution in [0, 0.1) is 5.92 Å². The minimum Gasteiger partial charge on any atom is -0.322 e. The van der Waals surface area contributed by atoms with E-state index in [4.69, 9.17) is 5.73 Å². The first kappa shape index (κ1) is 14.1. The number of hydrogen-bond donors (Lipinski definition) is 1. The molecule has 0 spiro atoms. The van der Waals surface area contributed by atoms with Crippen LogP contribution in [-0.4, -0.2) is 19.7 Å². The van der Waals surface area contributed by atoms with E-state index in [1.54, 1.807) is 12.5 Å². The summed E-state index contributed by atoms with van der Waals surface area (Å²) in [6, 6.07) is 3.71. The van der Waals surface area contributed by atoms with Crippen LogP contribution in [0.1, 0.15) is 31.4 Å². The molecule has 0 saturated carbocycles. The molecule has 6 heteroatoms. The maximum absolute atomic E-state index is 6.18. The van der Waals surface area contributed by atoms with E-state index in [1.165, 1.54) is 0 Å². The molecule has 0 radical (unpaired) electrons. The largest absolute Gasteiger partial charge is 0.322 e. The third kappa shape index (κ3) is 3.84. The standard InChI is InChI=1S/C13H18BrN5/c1-9(2)7-19-13(17-8-18-19)5-11(15)12-4-3-10(14)6-16-12/h3-4,6,8-9,11H,5,7,15H2,1-2H3. The zero-order chi connectivity index (χ0) is 13.8. The van der Waals surface area contributed by atoms with Gasteiger partial charge in [-0.05, 0) is 34.0 Å². The SMILES string of the molecule is CC(C)Cn1ncnc1CC(N)c1ccc(Br)cn1. The normalized spacial score (nSPS) is 12.9. The van der Waals surface area contributed by atoms with Gasteiger partial charge in [-0.25, -0.2) is 9.67 Å². The molecule has 2 aromatic heterocycles. The fourth-order valence-corrected chi connectivity index (χ4v) is 2.09. The van der Waals surface area contributed by atoms with Crippen LogP contribution < -0.4 is 5.73 Å². The van der Waals surface area contributed by atoms with Crippen LogP contribution in [0.2, 0.25) is 0 Å². The van der Waals surface area contributed by atoms with Gasteiger partial charge in [0.15, 0.2) is 0 Å². The van der Waals surface area contributed by atoms with Gasteiger partial charge in [0.05, 0.1) is 11.7 Å². The van der Waals surface area contributed by atoms with Crippen LogP contribution in [0.5, 0.6) is 0 Å². The fourth-order valence-electron chi connectivity index (χ4n) is 1.85. The summed E-state index contributed by atoms with van der Waals surface area (Å²) in [5.74, 6) is 1.44. The van der Waals surface area contributed by atoms with E-state index in [2.05, 4.69) is 44.8 Å². The minimum atomic E-state index is -0.164. The molecule has 0 aromatic carbocycles. The van der Waals surface area contributed by atoms with Crippen LogP contribution in [0.3, 0.4) is 0 Å². The third-order valence-electron chi connectivity index (χ3n) is 2.77. The molecular weight excluding hydrogens is 306 g/mol. The second kappa shape index (κ2) is 6.25. The van der Waals surface area contributed by atoms with Crippen LogP contribution in [-0.2, 0) is 13.0 Å². The molecule has 1 unspecified atom stereocenters. The molecule has 2 aromatic rings. The Bertz CT molecular complexity index is 520. The number of nitrogens with zero attached hydrogens (tertiary/aromatic N) is 4. The summed E-state index contributed by atoms with van der Waals surface area (Å²) in [5, 5.41) is 4.24. The highest BCUT2D eigenvalue weighted by Gasteiger charge is 2.13. The Morgan fingerprint density at radius 2 is 2.11 bits per heavy atom. The molecule has 102 valence electrons. The van der Waals surface area contributed by atoms with E-state index in [0.29, 0.717) is 12.3 Å². The number of halogens is 1. The van der Waals surface area contributed by atoms with Gasteiger partial charge in [0.1, 0.15) is 12.2 Å². The lowest BCUT2D eigenvalue weighted by Gasteiger charge is -2.13. The number of aromatic nitrogens is 4. The quantitative estimate of drug-likeness (QED) is 0.916. The summed E-state index contributed by atoms with van der Waals surface area (Å²) >= 11 is 3.36. The molecule has 5 nitrogen and oxygen atoms in total. The second-order valence-corrected chi connectivity index (χ2v) is 5.88. The van der Waals surface area contributed by atoms with E-state index >= 15 is 0 Å². The third-order valence-corrected chi connectivity index (χ3v) is 3.24. The molecule has 0 aliphatic carbocycles. The summed E-state index contributed by atoms with van der Waals surface area (Å²) in [4.78, 5) is 8.61. The Kier molecular flexibility index (Phi) is 4.66. The molecule has 2 heterocycles. The van der Waals surface area contributed by atoms with Crippen LogP contribution in [0.25, 0.3) is 0 Å². The smallest absolute Gasteiger partial charge is 0.138 e. The van der Waals surface area contributed by atoms with Crippen molar-refractivity contribution in [3.63, 3.8) is 0 Å². The highest BCUT2D eigenvalue weighted by Crippen LogP contribution is 2.15. The number of hydrogen-bond acceptors (Lipinski definition) is 4. The highest BCUT2D eigenvalue weighted by atomic mass is 79.9. The van der Waals surface area contributed by atoms with Gasteiger partial charge in [-0.15, -0.1) is 0 Å². The molecular formula is C13H18BrN5. The van der Waals surface area contributed by atoms with Gasteiger partial charge in [-0.3, -0.25) is 4.98 Å². The van der Waals surface area contributed by atoms with E-state index in [1.807, 2.05) is 16.8 Å². The second-order valence-electron chi connectivity index (χ2n) is 4.96. The van der Waals surface area contributed by atoms with E-state index in [9.17, 15) is 0 Å². The zero-order valence-corrected chi connectivity index (χ0v) is 12.7. The Balaban J connectivity index is 2.08. The van der Waals surface area contributed by atoms with Crippen molar-refractivity contribution in [2.75, 3.05) is 0 Å². The highest BCUT2D eigenvalue weighted by molar-refractivity contribution is 9.10. The summed E-state index contributed by atoms with van der Waals surface area (Å²) in [7, 11) is 0. The van der Waals surface area contributed by atoms with Crippen LogP contribution in [0.4, 0.5) is 0 Å².